The van der Waals surface area contributed by atoms with Crippen LogP contribution in [0.4, 0.5) is 0 Å². The maximum Gasteiger partial charge on any atom is 0.293 e. The molecule has 0 heterocycles. The van der Waals surface area contributed by atoms with Crippen molar-refractivity contribution in [1.29, 1.82) is 0 Å². The van der Waals surface area contributed by atoms with E-state index in [1.54, 1.807) is 0 Å². The molecule has 2 nitrogen and oxygen atoms in total. The van der Waals surface area contributed by atoms with Gasteiger partial charge in [0.1, 0.15) is 6.10 Å². The zero-order valence-electron chi connectivity index (χ0n) is 8.88. The molecule has 0 amide bonds. The van der Waals surface area contributed by atoms with E-state index in [1.807, 2.05) is 6.92 Å². The minimum atomic E-state index is 0.0945. The predicted octanol–water partition coefficient (Wildman–Crippen LogP) is 2.76. The topological polar surface area (TPSA) is 26.3 Å². The molecule has 0 saturated heterocycles. The van der Waals surface area contributed by atoms with Crippen LogP contribution in [0.15, 0.2) is 0 Å². The van der Waals surface area contributed by atoms with Gasteiger partial charge in [0.2, 0.25) is 0 Å². The molecule has 1 fully saturated rings. The van der Waals surface area contributed by atoms with Gasteiger partial charge in [0.05, 0.1) is 0 Å². The fraction of sp³-hybridized carbons (Fsp3) is 0.909. The minimum absolute atomic E-state index is 0.0945. The predicted molar refractivity (Wildman–Crippen MR) is 52.4 cm³/mol. The first-order chi connectivity index (χ1) is 6.05. The molecule has 76 valence electrons. The van der Waals surface area contributed by atoms with E-state index in [9.17, 15) is 4.79 Å². The average Bonchev–Trinajstić information content (AvgIpc) is 2.03. The lowest BCUT2D eigenvalue weighted by Crippen LogP contribution is -2.30. The highest BCUT2D eigenvalue weighted by Crippen LogP contribution is 2.40. The fourth-order valence-corrected chi connectivity index (χ4v) is 2.36. The van der Waals surface area contributed by atoms with Gasteiger partial charge in [0.25, 0.3) is 6.47 Å². The zero-order chi connectivity index (χ0) is 9.90. The van der Waals surface area contributed by atoms with Crippen molar-refractivity contribution < 1.29 is 9.53 Å². The molecule has 2 heteroatoms. The fourth-order valence-electron chi connectivity index (χ4n) is 2.36. The summed E-state index contributed by atoms with van der Waals surface area (Å²) in [5, 5.41) is 0. The Morgan fingerprint density at radius 1 is 1.54 bits per heavy atom. The van der Waals surface area contributed by atoms with E-state index in [2.05, 4.69) is 13.8 Å². The molecule has 1 saturated carbocycles. The first kappa shape index (κ1) is 10.6. The van der Waals surface area contributed by atoms with Gasteiger partial charge in [-0.15, -0.1) is 0 Å². The van der Waals surface area contributed by atoms with Crippen LogP contribution in [0, 0.1) is 11.3 Å². The Hall–Kier alpha value is -0.530. The lowest BCUT2D eigenvalue weighted by Gasteiger charge is -2.37. The van der Waals surface area contributed by atoms with Gasteiger partial charge in [-0.2, -0.15) is 0 Å². The van der Waals surface area contributed by atoms with E-state index in [4.69, 9.17) is 4.74 Å². The smallest absolute Gasteiger partial charge is 0.293 e. The Morgan fingerprint density at radius 3 is 2.77 bits per heavy atom. The molecule has 0 unspecified atom stereocenters. The number of ether oxygens (including phenoxy) is 1. The molecule has 1 aliphatic carbocycles. The van der Waals surface area contributed by atoms with Crippen molar-refractivity contribution in [2.45, 2.75) is 52.6 Å². The number of hydrogen-bond acceptors (Lipinski definition) is 2. The molecule has 0 aromatic heterocycles. The quantitative estimate of drug-likeness (QED) is 0.630. The zero-order valence-corrected chi connectivity index (χ0v) is 8.88. The average molecular weight is 184 g/mol. The van der Waals surface area contributed by atoms with E-state index >= 15 is 0 Å². The van der Waals surface area contributed by atoms with Crippen LogP contribution in [0.2, 0.25) is 0 Å². The minimum Gasteiger partial charge on any atom is -0.465 e. The summed E-state index contributed by atoms with van der Waals surface area (Å²) < 4.78 is 4.99. The van der Waals surface area contributed by atoms with Crippen LogP contribution in [0.5, 0.6) is 0 Å². The van der Waals surface area contributed by atoms with Gasteiger partial charge >= 0.3 is 0 Å². The summed E-state index contributed by atoms with van der Waals surface area (Å²) in [6, 6.07) is 0. The molecule has 0 aromatic rings. The molecule has 0 N–H and O–H groups in total. The van der Waals surface area contributed by atoms with Crippen molar-refractivity contribution in [3.8, 4) is 0 Å². The van der Waals surface area contributed by atoms with E-state index in [0.29, 0.717) is 17.8 Å². The summed E-state index contributed by atoms with van der Waals surface area (Å²) in [7, 11) is 0. The summed E-state index contributed by atoms with van der Waals surface area (Å²) in [6.07, 6.45) is 5.05. The SMILES string of the molecule is C[C@@H](OC=O)[C@H]1CCCC(C)(C)C1. The Bertz CT molecular complexity index is 175. The van der Waals surface area contributed by atoms with E-state index in [-0.39, 0.29) is 6.10 Å². The Balaban J connectivity index is 2.46. The summed E-state index contributed by atoms with van der Waals surface area (Å²) in [6.45, 7) is 7.17. The lowest BCUT2D eigenvalue weighted by atomic mass is 9.71. The molecular weight excluding hydrogens is 164 g/mol. The highest BCUT2D eigenvalue weighted by Gasteiger charge is 2.31. The normalized spacial score (nSPS) is 29.3. The standard InChI is InChI=1S/C11H20O2/c1-9(13-8-12)10-5-4-6-11(2,3)7-10/h8-10H,4-7H2,1-3H3/t9-,10+/m1/s1. The van der Waals surface area contributed by atoms with Crippen molar-refractivity contribution in [3.05, 3.63) is 0 Å². The van der Waals surface area contributed by atoms with Crippen LogP contribution in [0.25, 0.3) is 0 Å². The maximum absolute atomic E-state index is 10.2. The Morgan fingerprint density at radius 2 is 2.23 bits per heavy atom. The number of carbonyl (C=O) groups is 1. The third-order valence-electron chi connectivity index (χ3n) is 3.18. The molecule has 0 radical (unpaired) electrons. The van der Waals surface area contributed by atoms with Crippen LogP contribution in [-0.4, -0.2) is 12.6 Å². The molecule has 1 rings (SSSR count). The molecular formula is C11H20O2. The Kier molecular flexibility index (Phi) is 3.34. The summed E-state index contributed by atoms with van der Waals surface area (Å²) in [5.74, 6) is 0.564. The monoisotopic (exact) mass is 184 g/mol. The summed E-state index contributed by atoms with van der Waals surface area (Å²) in [4.78, 5) is 10.2. The van der Waals surface area contributed by atoms with Crippen LogP contribution < -0.4 is 0 Å². The van der Waals surface area contributed by atoms with Crippen LogP contribution in [-0.2, 0) is 9.53 Å². The van der Waals surface area contributed by atoms with Gasteiger partial charge in [-0.25, -0.2) is 0 Å². The van der Waals surface area contributed by atoms with Crippen LogP contribution in [0.1, 0.15) is 46.5 Å². The first-order valence-corrected chi connectivity index (χ1v) is 5.14. The highest BCUT2D eigenvalue weighted by atomic mass is 16.5. The lowest BCUT2D eigenvalue weighted by molar-refractivity contribution is -0.136. The third kappa shape index (κ3) is 3.02. The van der Waals surface area contributed by atoms with Crippen molar-refractivity contribution in [2.75, 3.05) is 0 Å². The molecule has 1 aliphatic rings. The van der Waals surface area contributed by atoms with Crippen molar-refractivity contribution >= 4 is 6.47 Å². The van der Waals surface area contributed by atoms with Crippen LogP contribution >= 0.6 is 0 Å². The first-order valence-electron chi connectivity index (χ1n) is 5.14. The van der Waals surface area contributed by atoms with Gasteiger partial charge in [0, 0.05) is 0 Å². The number of hydrogen-bond donors (Lipinski definition) is 0. The van der Waals surface area contributed by atoms with Crippen molar-refractivity contribution in [2.24, 2.45) is 11.3 Å². The third-order valence-corrected chi connectivity index (χ3v) is 3.18. The summed E-state index contributed by atoms with van der Waals surface area (Å²) in [5.41, 5.74) is 0.434. The van der Waals surface area contributed by atoms with E-state index < -0.39 is 0 Å². The van der Waals surface area contributed by atoms with Crippen molar-refractivity contribution in [3.63, 3.8) is 0 Å². The molecule has 0 aromatic carbocycles. The maximum atomic E-state index is 10.2. The van der Waals surface area contributed by atoms with Gasteiger partial charge in [-0.3, -0.25) is 4.79 Å². The Labute approximate surface area is 80.7 Å². The molecule has 0 bridgehead atoms. The number of rotatable bonds is 3. The van der Waals surface area contributed by atoms with E-state index in [1.165, 1.54) is 25.7 Å². The number of carbonyl (C=O) groups excluding carboxylic acids is 1. The molecule has 0 aliphatic heterocycles. The second-order valence-corrected chi connectivity index (χ2v) is 4.96. The van der Waals surface area contributed by atoms with Gasteiger partial charge in [0.15, 0.2) is 0 Å². The van der Waals surface area contributed by atoms with Gasteiger partial charge in [-0.05, 0) is 37.5 Å². The second kappa shape index (κ2) is 4.12. The highest BCUT2D eigenvalue weighted by molar-refractivity contribution is 5.37. The van der Waals surface area contributed by atoms with Gasteiger partial charge in [-0.1, -0.05) is 20.3 Å². The molecule has 13 heavy (non-hydrogen) atoms. The largest absolute Gasteiger partial charge is 0.465 e. The molecule has 2 atom stereocenters. The second-order valence-electron chi connectivity index (χ2n) is 4.96. The van der Waals surface area contributed by atoms with Gasteiger partial charge < -0.3 is 4.74 Å². The van der Waals surface area contributed by atoms with Crippen LogP contribution in [0.3, 0.4) is 0 Å². The summed E-state index contributed by atoms with van der Waals surface area (Å²) >= 11 is 0. The molecule has 0 spiro atoms. The van der Waals surface area contributed by atoms with Crippen molar-refractivity contribution in [1.82, 2.24) is 0 Å². The van der Waals surface area contributed by atoms with E-state index in [0.717, 1.165) is 0 Å².